The van der Waals surface area contributed by atoms with Gasteiger partial charge in [0.25, 0.3) is 10.0 Å². The Kier molecular flexibility index (Phi) is 6.40. The molecule has 0 fully saturated rings. The summed E-state index contributed by atoms with van der Waals surface area (Å²) in [4.78, 5) is 21.9. The van der Waals surface area contributed by atoms with Crippen LogP contribution in [0.1, 0.15) is 22.2 Å². The predicted octanol–water partition coefficient (Wildman–Crippen LogP) is 4.16. The molecule has 10 nitrogen and oxygen atoms in total. The zero-order valence-corrected chi connectivity index (χ0v) is 19.8. The molecule has 3 aromatic heterocycles. The number of carbonyl (C=O) groups is 1. The van der Waals surface area contributed by atoms with Gasteiger partial charge >= 0.3 is 5.97 Å². The topological polar surface area (TPSA) is 136 Å². The molecule has 0 aliphatic heterocycles. The third-order valence-electron chi connectivity index (χ3n) is 4.49. The summed E-state index contributed by atoms with van der Waals surface area (Å²) in [5.74, 6) is 0.140. The summed E-state index contributed by atoms with van der Waals surface area (Å²) in [6.45, 7) is 3.83. The van der Waals surface area contributed by atoms with Crippen molar-refractivity contribution < 1.29 is 17.9 Å². The first kappa shape index (κ1) is 22.8. The van der Waals surface area contributed by atoms with Crippen molar-refractivity contribution in [2.75, 3.05) is 16.6 Å². The number of sulfonamides is 1. The van der Waals surface area contributed by atoms with E-state index in [0.717, 1.165) is 0 Å². The normalized spacial score (nSPS) is 11.4. The first-order valence-electron chi connectivity index (χ1n) is 9.59. The van der Waals surface area contributed by atoms with E-state index in [0.29, 0.717) is 32.2 Å². The summed E-state index contributed by atoms with van der Waals surface area (Å²) in [5.41, 5.74) is 1.31. The van der Waals surface area contributed by atoms with Crippen LogP contribution in [-0.4, -0.2) is 41.2 Å². The van der Waals surface area contributed by atoms with E-state index in [1.807, 2.05) is 0 Å². The SMILES string of the molecule is CCOC(=O)c1sc2ncnc(Nc3ccc(S(=O)(=O)Nc4ccc(Cl)nn4)cc3)c2c1C. The fraction of sp³-hybridized carbons (Fsp3) is 0.150. The van der Waals surface area contributed by atoms with Crippen LogP contribution >= 0.6 is 22.9 Å². The number of anilines is 3. The van der Waals surface area contributed by atoms with Gasteiger partial charge in [-0.1, -0.05) is 11.6 Å². The number of nitrogens with zero attached hydrogens (tertiary/aromatic N) is 4. The molecule has 1 aromatic carbocycles. The molecular weight excluding hydrogens is 488 g/mol. The lowest BCUT2D eigenvalue weighted by Gasteiger charge is -2.10. The van der Waals surface area contributed by atoms with Crippen LogP contribution in [0.5, 0.6) is 0 Å². The maximum Gasteiger partial charge on any atom is 0.348 e. The first-order valence-corrected chi connectivity index (χ1v) is 12.3. The highest BCUT2D eigenvalue weighted by Crippen LogP contribution is 2.35. The number of ether oxygens (including phenoxy) is 1. The van der Waals surface area contributed by atoms with E-state index in [-0.39, 0.29) is 22.5 Å². The maximum absolute atomic E-state index is 12.6. The lowest BCUT2D eigenvalue weighted by Crippen LogP contribution is -2.14. The van der Waals surface area contributed by atoms with Crippen molar-refractivity contribution in [2.45, 2.75) is 18.7 Å². The number of thiophene rings is 1. The summed E-state index contributed by atoms with van der Waals surface area (Å²) < 4.78 is 32.7. The predicted molar refractivity (Wildman–Crippen MR) is 126 cm³/mol. The molecule has 0 saturated heterocycles. The van der Waals surface area contributed by atoms with E-state index in [1.54, 1.807) is 26.0 Å². The number of hydrogen-bond donors (Lipinski definition) is 2. The average Bonchev–Trinajstić information content (AvgIpc) is 3.13. The molecule has 0 saturated carbocycles. The summed E-state index contributed by atoms with van der Waals surface area (Å²) in [5, 5.41) is 11.3. The molecule has 3 heterocycles. The minimum atomic E-state index is -3.87. The molecular formula is C20H17ClN6O4S2. The van der Waals surface area contributed by atoms with Crippen LogP contribution in [0.15, 0.2) is 47.6 Å². The summed E-state index contributed by atoms with van der Waals surface area (Å²) in [6.07, 6.45) is 1.39. The number of fused-ring (bicyclic) bond motifs is 1. The standard InChI is InChI=1S/C20H17ClN6O4S2/c1-3-31-20(28)17-11(2)16-18(22-10-23-19(16)32-17)24-12-4-6-13(7-5-12)33(29,30)27-15-9-8-14(21)25-26-15/h4-10H,3H2,1-2H3,(H,26,27)(H,22,23,24). The Hall–Kier alpha value is -3.35. The van der Waals surface area contributed by atoms with Crippen LogP contribution in [-0.2, 0) is 14.8 Å². The van der Waals surface area contributed by atoms with E-state index in [2.05, 4.69) is 30.2 Å². The molecule has 4 aromatic rings. The Morgan fingerprint density at radius 3 is 2.55 bits per heavy atom. The van der Waals surface area contributed by atoms with Crippen molar-refractivity contribution in [1.29, 1.82) is 0 Å². The van der Waals surface area contributed by atoms with Crippen molar-refractivity contribution >= 4 is 66.5 Å². The Balaban J connectivity index is 1.58. The van der Waals surface area contributed by atoms with Crippen molar-refractivity contribution in [3.63, 3.8) is 0 Å². The number of nitrogens with one attached hydrogen (secondary N) is 2. The second-order valence-corrected chi connectivity index (χ2v) is 9.74. The van der Waals surface area contributed by atoms with Gasteiger partial charge in [-0.2, -0.15) is 0 Å². The molecule has 0 spiro atoms. The lowest BCUT2D eigenvalue weighted by molar-refractivity contribution is 0.0531. The summed E-state index contributed by atoms with van der Waals surface area (Å²) in [7, 11) is -3.87. The molecule has 170 valence electrons. The molecule has 0 atom stereocenters. The van der Waals surface area contributed by atoms with Crippen molar-refractivity contribution in [3.8, 4) is 0 Å². The molecule has 2 N–H and O–H groups in total. The second kappa shape index (κ2) is 9.25. The second-order valence-electron chi connectivity index (χ2n) is 6.68. The maximum atomic E-state index is 12.6. The minimum absolute atomic E-state index is 0.0361. The van der Waals surface area contributed by atoms with Crippen molar-refractivity contribution in [3.05, 3.63) is 58.3 Å². The number of aromatic nitrogens is 4. The Morgan fingerprint density at radius 2 is 1.88 bits per heavy atom. The van der Waals surface area contributed by atoms with Gasteiger partial charge < -0.3 is 10.1 Å². The highest BCUT2D eigenvalue weighted by atomic mass is 35.5. The number of halogens is 1. The highest BCUT2D eigenvalue weighted by molar-refractivity contribution is 7.92. The van der Waals surface area contributed by atoms with Crippen molar-refractivity contribution in [2.24, 2.45) is 0 Å². The van der Waals surface area contributed by atoms with E-state index >= 15 is 0 Å². The number of carbonyl (C=O) groups excluding carboxylic acids is 1. The summed E-state index contributed by atoms with van der Waals surface area (Å²) >= 11 is 6.90. The smallest absolute Gasteiger partial charge is 0.348 e. The summed E-state index contributed by atoms with van der Waals surface area (Å²) in [6, 6.07) is 8.93. The number of esters is 1. The van der Waals surface area contributed by atoms with Gasteiger partial charge in [0.05, 0.1) is 16.9 Å². The van der Waals surface area contributed by atoms with Crippen LogP contribution in [0.2, 0.25) is 5.15 Å². The van der Waals surface area contributed by atoms with Crippen LogP contribution in [0.25, 0.3) is 10.2 Å². The molecule has 0 bridgehead atoms. The molecule has 0 radical (unpaired) electrons. The van der Waals surface area contributed by atoms with E-state index < -0.39 is 16.0 Å². The molecule has 4 rings (SSSR count). The molecule has 0 amide bonds. The van der Waals surface area contributed by atoms with Gasteiger partial charge in [-0.3, -0.25) is 4.72 Å². The van der Waals surface area contributed by atoms with Gasteiger partial charge in [0, 0.05) is 5.69 Å². The Morgan fingerprint density at radius 1 is 1.12 bits per heavy atom. The molecule has 0 aliphatic rings. The average molecular weight is 505 g/mol. The Labute approximate surface area is 198 Å². The lowest BCUT2D eigenvalue weighted by atomic mass is 10.2. The number of rotatable bonds is 7. The number of aryl methyl sites for hydroxylation is 1. The third-order valence-corrected chi connectivity index (χ3v) is 7.24. The fourth-order valence-corrected chi connectivity index (χ4v) is 5.12. The fourth-order valence-electron chi connectivity index (χ4n) is 2.98. The van der Waals surface area contributed by atoms with Gasteiger partial charge in [0.15, 0.2) is 11.0 Å². The zero-order valence-electron chi connectivity index (χ0n) is 17.4. The number of benzene rings is 1. The number of hydrogen-bond acceptors (Lipinski definition) is 10. The Bertz CT molecular complexity index is 1420. The van der Waals surface area contributed by atoms with E-state index in [9.17, 15) is 13.2 Å². The molecule has 0 aliphatic carbocycles. The third kappa shape index (κ3) is 4.87. The van der Waals surface area contributed by atoms with Crippen LogP contribution in [0, 0.1) is 6.92 Å². The van der Waals surface area contributed by atoms with Crippen molar-refractivity contribution in [1.82, 2.24) is 20.2 Å². The van der Waals surface area contributed by atoms with Gasteiger partial charge in [0.2, 0.25) is 0 Å². The van der Waals surface area contributed by atoms with Crippen LogP contribution < -0.4 is 10.0 Å². The molecule has 0 unspecified atom stereocenters. The largest absolute Gasteiger partial charge is 0.462 e. The van der Waals surface area contributed by atoms with Gasteiger partial charge in [-0.05, 0) is 55.8 Å². The van der Waals surface area contributed by atoms with Crippen LogP contribution in [0.4, 0.5) is 17.3 Å². The first-order chi connectivity index (χ1) is 15.8. The van der Waals surface area contributed by atoms with Gasteiger partial charge in [-0.25, -0.2) is 23.2 Å². The molecule has 13 heteroatoms. The quantitative estimate of drug-likeness (QED) is 0.355. The van der Waals surface area contributed by atoms with Gasteiger partial charge in [0.1, 0.15) is 21.9 Å². The zero-order chi connectivity index (χ0) is 23.6. The monoisotopic (exact) mass is 504 g/mol. The molecule has 33 heavy (non-hydrogen) atoms. The highest BCUT2D eigenvalue weighted by Gasteiger charge is 2.20. The van der Waals surface area contributed by atoms with E-state index in [4.69, 9.17) is 16.3 Å². The van der Waals surface area contributed by atoms with E-state index in [1.165, 1.54) is 41.9 Å². The van der Waals surface area contributed by atoms with Gasteiger partial charge in [-0.15, -0.1) is 21.5 Å². The van der Waals surface area contributed by atoms with Crippen LogP contribution in [0.3, 0.4) is 0 Å². The minimum Gasteiger partial charge on any atom is -0.462 e.